The van der Waals surface area contributed by atoms with Crippen molar-refractivity contribution in [1.29, 1.82) is 0 Å². The molecule has 1 saturated carbocycles. The highest BCUT2D eigenvalue weighted by molar-refractivity contribution is 6.45. The number of nitrogens with one attached hydrogen (secondary N) is 2. The predicted octanol–water partition coefficient (Wildman–Crippen LogP) is 4.81. The molecule has 0 bridgehead atoms. The molecule has 8 heteroatoms. The van der Waals surface area contributed by atoms with Crippen LogP contribution in [0, 0.1) is 11.8 Å². The van der Waals surface area contributed by atoms with Gasteiger partial charge in [0, 0.05) is 37.7 Å². The first-order valence-corrected chi connectivity index (χ1v) is 13.8. The van der Waals surface area contributed by atoms with E-state index in [2.05, 4.69) is 62.4 Å². The summed E-state index contributed by atoms with van der Waals surface area (Å²) < 4.78 is 12.5. The lowest BCUT2D eigenvalue weighted by atomic mass is 9.64. The van der Waals surface area contributed by atoms with Gasteiger partial charge in [-0.25, -0.2) is 0 Å². The van der Waals surface area contributed by atoms with Gasteiger partial charge in [-0.1, -0.05) is 24.6 Å². The van der Waals surface area contributed by atoms with Crippen molar-refractivity contribution < 1.29 is 18.9 Å². The van der Waals surface area contributed by atoms with Crippen LogP contribution in [-0.2, 0) is 18.9 Å². The van der Waals surface area contributed by atoms with Crippen LogP contribution in [0.1, 0.15) is 81.1 Å². The number of para-hydroxylation sites is 1. The third-order valence-electron chi connectivity index (χ3n) is 8.33. The number of hydrogen-bond donors (Lipinski definition) is 2. The maximum Gasteiger partial charge on any atom is 0.457 e. The second-order valence-corrected chi connectivity index (χ2v) is 13.2. The van der Waals surface area contributed by atoms with Gasteiger partial charge in [0.1, 0.15) is 5.54 Å². The summed E-state index contributed by atoms with van der Waals surface area (Å²) in [4.78, 5) is 28.7. The lowest BCUT2D eigenvalue weighted by Gasteiger charge is -2.48. The molecule has 0 spiro atoms. The van der Waals surface area contributed by atoms with Crippen molar-refractivity contribution in [3.05, 3.63) is 30.3 Å². The van der Waals surface area contributed by atoms with Crippen LogP contribution in [0.2, 0.25) is 6.32 Å². The van der Waals surface area contributed by atoms with Crippen LogP contribution >= 0.6 is 0 Å². The number of amides is 2. The Hall–Kier alpha value is -2.06. The molecule has 37 heavy (non-hydrogen) atoms. The van der Waals surface area contributed by atoms with E-state index < -0.39 is 11.1 Å². The van der Waals surface area contributed by atoms with Crippen LogP contribution in [0.3, 0.4) is 0 Å². The monoisotopic (exact) mass is 513 g/mol. The Kier molecular flexibility index (Phi) is 8.75. The third kappa shape index (κ3) is 7.08. The molecular weight excluding hydrogens is 465 g/mol. The van der Waals surface area contributed by atoms with E-state index in [-0.39, 0.29) is 42.0 Å². The number of carbonyl (C=O) groups excluding carboxylic acids is 2. The van der Waals surface area contributed by atoms with Crippen LogP contribution in [0.15, 0.2) is 30.3 Å². The first-order chi connectivity index (χ1) is 17.0. The molecule has 7 nitrogen and oxygen atoms in total. The zero-order valence-corrected chi connectivity index (χ0v) is 24.4. The maximum atomic E-state index is 14.0. The maximum absolute atomic E-state index is 14.0. The zero-order chi connectivity index (χ0) is 27.6. The molecule has 3 rings (SSSR count). The van der Waals surface area contributed by atoms with Crippen LogP contribution in [0.25, 0.3) is 0 Å². The van der Waals surface area contributed by atoms with Crippen LogP contribution in [-0.4, -0.2) is 54.8 Å². The summed E-state index contributed by atoms with van der Waals surface area (Å²) in [7, 11) is 1.80. The molecule has 2 fully saturated rings. The Labute approximate surface area is 224 Å². The molecule has 2 aliphatic rings. The van der Waals surface area contributed by atoms with Crippen molar-refractivity contribution in [3.8, 4) is 0 Å². The molecule has 0 radical (unpaired) electrons. The molecule has 1 heterocycles. The van der Waals surface area contributed by atoms with Crippen molar-refractivity contribution in [3.63, 3.8) is 0 Å². The Balaban J connectivity index is 1.83. The van der Waals surface area contributed by atoms with E-state index in [4.69, 9.17) is 9.31 Å². The van der Waals surface area contributed by atoms with Crippen LogP contribution in [0.5, 0.6) is 0 Å². The summed E-state index contributed by atoms with van der Waals surface area (Å²) in [5.74, 6) is -0.0306. The van der Waals surface area contributed by atoms with Crippen molar-refractivity contribution in [1.82, 2.24) is 10.6 Å². The molecule has 2 N–H and O–H groups in total. The highest BCUT2D eigenvalue weighted by Gasteiger charge is 2.53. The first kappa shape index (κ1) is 29.5. The van der Waals surface area contributed by atoms with Crippen molar-refractivity contribution >= 4 is 24.6 Å². The van der Waals surface area contributed by atoms with Crippen LogP contribution in [0.4, 0.5) is 5.69 Å². The quantitative estimate of drug-likeness (QED) is 0.488. The predicted molar refractivity (Wildman–Crippen MR) is 150 cm³/mol. The Morgan fingerprint density at radius 1 is 1.05 bits per heavy atom. The van der Waals surface area contributed by atoms with Gasteiger partial charge in [0.05, 0.1) is 11.2 Å². The van der Waals surface area contributed by atoms with Gasteiger partial charge < -0.3 is 24.8 Å². The molecule has 1 aliphatic carbocycles. The van der Waals surface area contributed by atoms with Crippen molar-refractivity contribution in [2.45, 2.75) is 110 Å². The summed E-state index contributed by atoms with van der Waals surface area (Å²) in [6, 6.07) is 10.2. The molecule has 1 saturated heterocycles. The van der Waals surface area contributed by atoms with Crippen LogP contribution < -0.4 is 15.5 Å². The molecule has 206 valence electrons. The molecule has 1 aromatic carbocycles. The smallest absolute Gasteiger partial charge is 0.403 e. The summed E-state index contributed by atoms with van der Waals surface area (Å²) in [5.41, 5.74) is -1.01. The summed E-state index contributed by atoms with van der Waals surface area (Å²) >= 11 is 0. The van der Waals surface area contributed by atoms with Gasteiger partial charge in [0.15, 0.2) is 0 Å². The number of carbonyl (C=O) groups is 2. The van der Waals surface area contributed by atoms with E-state index in [0.717, 1.165) is 31.3 Å². The first-order valence-electron chi connectivity index (χ1n) is 13.8. The third-order valence-corrected chi connectivity index (χ3v) is 8.33. The lowest BCUT2D eigenvalue weighted by Crippen LogP contribution is -2.68. The SMILES string of the molecule is CC(=O)NC1(C(=O)NC(C)(C)C)CC(CCB2OC(C)(C)C(C)(C)O2)CCC1CN(C)c1ccccc1. The van der Waals surface area contributed by atoms with E-state index in [9.17, 15) is 9.59 Å². The van der Waals surface area contributed by atoms with Gasteiger partial charge in [-0.2, -0.15) is 0 Å². The summed E-state index contributed by atoms with van der Waals surface area (Å²) in [6.45, 7) is 16.4. The molecule has 1 aromatic rings. The second-order valence-electron chi connectivity index (χ2n) is 13.2. The Morgan fingerprint density at radius 3 is 2.19 bits per heavy atom. The minimum Gasteiger partial charge on any atom is -0.403 e. The van der Waals surface area contributed by atoms with Crippen molar-refractivity contribution in [2.75, 3.05) is 18.5 Å². The second kappa shape index (κ2) is 11.0. The van der Waals surface area contributed by atoms with E-state index in [1.54, 1.807) is 0 Å². The number of nitrogens with zero attached hydrogens (tertiary/aromatic N) is 1. The number of benzene rings is 1. The molecule has 3 atom stereocenters. The number of rotatable bonds is 8. The lowest BCUT2D eigenvalue weighted by molar-refractivity contribution is -0.139. The summed E-state index contributed by atoms with van der Waals surface area (Å²) in [5, 5.41) is 6.36. The largest absolute Gasteiger partial charge is 0.457 e. The molecular formula is C29H48BN3O4. The highest BCUT2D eigenvalue weighted by atomic mass is 16.7. The van der Waals surface area contributed by atoms with E-state index >= 15 is 0 Å². The van der Waals surface area contributed by atoms with Gasteiger partial charge in [-0.3, -0.25) is 9.59 Å². The molecule has 3 unspecified atom stereocenters. The fourth-order valence-corrected chi connectivity index (χ4v) is 5.73. The molecule has 0 aromatic heterocycles. The van der Waals surface area contributed by atoms with Gasteiger partial charge in [0.2, 0.25) is 11.8 Å². The van der Waals surface area contributed by atoms with Gasteiger partial charge >= 0.3 is 7.12 Å². The van der Waals surface area contributed by atoms with E-state index in [1.165, 1.54) is 6.92 Å². The average molecular weight is 514 g/mol. The Bertz CT molecular complexity index is 930. The van der Waals surface area contributed by atoms with E-state index in [0.29, 0.717) is 13.0 Å². The fourth-order valence-electron chi connectivity index (χ4n) is 5.73. The highest BCUT2D eigenvalue weighted by Crippen LogP contribution is 2.43. The number of anilines is 1. The van der Waals surface area contributed by atoms with Gasteiger partial charge in [-0.15, -0.1) is 0 Å². The molecule has 1 aliphatic heterocycles. The van der Waals surface area contributed by atoms with Gasteiger partial charge in [-0.05, 0) is 92.1 Å². The standard InChI is InChI=1S/C29H48BN3O4/c1-21(34)31-29(25(35)32-26(2,3)4)19-22(17-18-30-36-27(5,6)28(7,8)37-30)15-16-23(29)20-33(9)24-13-11-10-12-14-24/h10-14,22-23H,15-20H2,1-9H3,(H,31,34)(H,32,35). The van der Waals surface area contributed by atoms with Gasteiger partial charge in [0.25, 0.3) is 0 Å². The molecule has 2 amide bonds. The number of hydrogen-bond acceptors (Lipinski definition) is 5. The topological polar surface area (TPSA) is 79.9 Å². The van der Waals surface area contributed by atoms with Crippen molar-refractivity contribution in [2.24, 2.45) is 11.8 Å². The zero-order valence-electron chi connectivity index (χ0n) is 24.4. The Morgan fingerprint density at radius 2 is 1.65 bits per heavy atom. The normalized spacial score (nSPS) is 27.0. The minimum atomic E-state index is -0.985. The minimum absolute atomic E-state index is 0.0305. The average Bonchev–Trinajstić information content (AvgIpc) is 2.98. The fraction of sp³-hybridized carbons (Fsp3) is 0.724. The summed E-state index contributed by atoms with van der Waals surface area (Å²) in [6.07, 6.45) is 4.09. The van der Waals surface area contributed by atoms with E-state index in [1.807, 2.05) is 39.0 Å².